The Labute approximate surface area is 133 Å². The molecule has 0 radical (unpaired) electrons. The van der Waals surface area contributed by atoms with Gasteiger partial charge < -0.3 is 14.4 Å². The third-order valence-corrected chi connectivity index (χ3v) is 3.96. The summed E-state index contributed by atoms with van der Waals surface area (Å²) in [5, 5.41) is 13.3. The number of anilines is 1. The van der Waals surface area contributed by atoms with Gasteiger partial charge in [-0.1, -0.05) is 12.8 Å². The van der Waals surface area contributed by atoms with Crippen LogP contribution in [-0.4, -0.2) is 33.9 Å². The fourth-order valence-corrected chi connectivity index (χ4v) is 2.75. The smallest absolute Gasteiger partial charge is 0.371 e. The van der Waals surface area contributed by atoms with Gasteiger partial charge >= 0.3 is 5.97 Å². The molecule has 0 aromatic carbocycles. The van der Waals surface area contributed by atoms with Crippen molar-refractivity contribution in [3.63, 3.8) is 0 Å². The summed E-state index contributed by atoms with van der Waals surface area (Å²) in [5.41, 5.74) is -0.239. The second-order valence-electron chi connectivity index (χ2n) is 5.66. The average molecular weight is 317 g/mol. The standard InChI is InChI=1S/C16H19N3O4/c20-15-8-7-14(18-9-3-1-2-4-10-18)17-19(15)11-12-5-6-13(23-12)16(21)22/h5-8H,1-4,9-11H2,(H,21,22). The lowest BCUT2D eigenvalue weighted by Crippen LogP contribution is -2.30. The molecule has 1 fully saturated rings. The van der Waals surface area contributed by atoms with Gasteiger partial charge in [0.1, 0.15) is 18.1 Å². The minimum Gasteiger partial charge on any atom is -0.475 e. The number of aromatic nitrogens is 2. The number of carboxylic acid groups (broad SMARTS) is 1. The molecule has 23 heavy (non-hydrogen) atoms. The Bertz CT molecular complexity index is 742. The molecule has 1 N–H and O–H groups in total. The number of carboxylic acids is 1. The second-order valence-corrected chi connectivity index (χ2v) is 5.66. The first-order chi connectivity index (χ1) is 11.1. The number of hydrogen-bond acceptors (Lipinski definition) is 5. The Morgan fingerprint density at radius 1 is 1.13 bits per heavy atom. The van der Waals surface area contributed by atoms with Crippen LogP contribution < -0.4 is 10.5 Å². The summed E-state index contributed by atoms with van der Waals surface area (Å²) in [6.45, 7) is 2.00. The molecule has 0 bridgehead atoms. The topological polar surface area (TPSA) is 88.6 Å². The minimum absolute atomic E-state index is 0.119. The zero-order valence-corrected chi connectivity index (χ0v) is 12.8. The Kier molecular flexibility index (Phi) is 4.45. The Balaban J connectivity index is 1.82. The highest BCUT2D eigenvalue weighted by Crippen LogP contribution is 2.16. The van der Waals surface area contributed by atoms with Crippen molar-refractivity contribution in [2.45, 2.75) is 32.2 Å². The summed E-state index contributed by atoms with van der Waals surface area (Å²) in [4.78, 5) is 25.0. The molecule has 0 atom stereocenters. The molecule has 0 aliphatic carbocycles. The summed E-state index contributed by atoms with van der Waals surface area (Å²) in [6.07, 6.45) is 4.70. The Morgan fingerprint density at radius 2 is 1.87 bits per heavy atom. The molecule has 2 aromatic heterocycles. The van der Waals surface area contributed by atoms with E-state index >= 15 is 0 Å². The first-order valence-corrected chi connectivity index (χ1v) is 7.78. The summed E-state index contributed by atoms with van der Waals surface area (Å²) < 4.78 is 6.51. The molecule has 1 saturated heterocycles. The number of aromatic carboxylic acids is 1. The second kappa shape index (κ2) is 6.68. The quantitative estimate of drug-likeness (QED) is 0.927. The lowest BCUT2D eigenvalue weighted by atomic mass is 10.2. The zero-order valence-electron chi connectivity index (χ0n) is 12.8. The van der Waals surface area contributed by atoms with Gasteiger partial charge in [-0.3, -0.25) is 4.79 Å². The fraction of sp³-hybridized carbons (Fsp3) is 0.438. The van der Waals surface area contributed by atoms with Gasteiger partial charge in [0.25, 0.3) is 5.56 Å². The number of carbonyl (C=O) groups is 1. The van der Waals surface area contributed by atoms with Crippen LogP contribution in [0.2, 0.25) is 0 Å². The van der Waals surface area contributed by atoms with E-state index in [0.717, 1.165) is 31.7 Å². The van der Waals surface area contributed by atoms with Crippen LogP contribution in [0.15, 0.2) is 33.5 Å². The maximum Gasteiger partial charge on any atom is 0.371 e. The lowest BCUT2D eigenvalue weighted by molar-refractivity contribution is 0.0660. The van der Waals surface area contributed by atoms with Crippen LogP contribution in [-0.2, 0) is 6.54 Å². The zero-order chi connectivity index (χ0) is 16.2. The van der Waals surface area contributed by atoms with E-state index in [1.165, 1.54) is 29.7 Å². The van der Waals surface area contributed by atoms with E-state index < -0.39 is 5.97 Å². The average Bonchev–Trinajstić information content (AvgIpc) is 2.83. The molecule has 3 heterocycles. The van der Waals surface area contributed by atoms with Gasteiger partial charge in [-0.15, -0.1) is 0 Å². The molecule has 7 heteroatoms. The largest absolute Gasteiger partial charge is 0.475 e. The Morgan fingerprint density at radius 3 is 2.52 bits per heavy atom. The molecule has 1 aliphatic heterocycles. The first kappa shape index (κ1) is 15.3. The number of hydrogen-bond donors (Lipinski definition) is 1. The van der Waals surface area contributed by atoms with Crippen LogP contribution in [0.1, 0.15) is 42.0 Å². The van der Waals surface area contributed by atoms with E-state index in [1.807, 2.05) is 0 Å². The molecule has 0 unspecified atom stereocenters. The van der Waals surface area contributed by atoms with Gasteiger partial charge in [-0.05, 0) is 31.0 Å². The van der Waals surface area contributed by atoms with Crippen molar-refractivity contribution in [2.75, 3.05) is 18.0 Å². The molecule has 1 aliphatic rings. The van der Waals surface area contributed by atoms with Gasteiger partial charge in [-0.2, -0.15) is 5.10 Å². The van der Waals surface area contributed by atoms with Crippen LogP contribution in [0.4, 0.5) is 5.82 Å². The summed E-state index contributed by atoms with van der Waals surface area (Å²) in [6, 6.07) is 6.17. The van der Waals surface area contributed by atoms with Crippen molar-refractivity contribution in [1.29, 1.82) is 0 Å². The summed E-state index contributed by atoms with van der Waals surface area (Å²) >= 11 is 0. The van der Waals surface area contributed by atoms with Crippen molar-refractivity contribution in [3.8, 4) is 0 Å². The maximum absolute atomic E-state index is 12.0. The van der Waals surface area contributed by atoms with Crippen LogP contribution in [0.3, 0.4) is 0 Å². The van der Waals surface area contributed by atoms with Gasteiger partial charge in [0.05, 0.1) is 0 Å². The predicted molar refractivity (Wildman–Crippen MR) is 83.9 cm³/mol. The van der Waals surface area contributed by atoms with E-state index in [1.54, 1.807) is 12.1 Å². The Hall–Kier alpha value is -2.57. The van der Waals surface area contributed by atoms with Crippen LogP contribution in [0, 0.1) is 0 Å². The highest BCUT2D eigenvalue weighted by molar-refractivity contribution is 5.84. The fourth-order valence-electron chi connectivity index (χ4n) is 2.75. The molecule has 122 valence electrons. The molecular formula is C16H19N3O4. The summed E-state index contributed by atoms with van der Waals surface area (Å²) in [5.74, 6) is -0.104. The summed E-state index contributed by atoms with van der Waals surface area (Å²) in [7, 11) is 0. The van der Waals surface area contributed by atoms with E-state index in [-0.39, 0.29) is 17.9 Å². The van der Waals surface area contributed by atoms with Gasteiger partial charge in [0.15, 0.2) is 0 Å². The number of nitrogens with zero attached hydrogens (tertiary/aromatic N) is 3. The van der Waals surface area contributed by atoms with Crippen molar-refractivity contribution < 1.29 is 14.3 Å². The third kappa shape index (κ3) is 3.61. The molecule has 3 rings (SSSR count). The highest BCUT2D eigenvalue weighted by Gasteiger charge is 2.14. The molecule has 7 nitrogen and oxygen atoms in total. The van der Waals surface area contributed by atoms with Crippen molar-refractivity contribution in [1.82, 2.24) is 9.78 Å². The molecule has 0 amide bonds. The molecule has 0 saturated carbocycles. The van der Waals surface area contributed by atoms with Crippen molar-refractivity contribution in [2.24, 2.45) is 0 Å². The maximum atomic E-state index is 12.0. The number of rotatable bonds is 4. The van der Waals surface area contributed by atoms with E-state index in [4.69, 9.17) is 9.52 Å². The monoisotopic (exact) mass is 317 g/mol. The molecular weight excluding hydrogens is 298 g/mol. The number of furan rings is 1. The molecule has 0 spiro atoms. The van der Waals surface area contributed by atoms with Gasteiger partial charge in [-0.25, -0.2) is 9.48 Å². The van der Waals surface area contributed by atoms with Crippen molar-refractivity contribution in [3.05, 3.63) is 46.1 Å². The highest BCUT2D eigenvalue weighted by atomic mass is 16.4. The lowest BCUT2D eigenvalue weighted by Gasteiger charge is -2.21. The normalized spacial score (nSPS) is 15.4. The van der Waals surface area contributed by atoms with Crippen LogP contribution in [0.5, 0.6) is 0 Å². The first-order valence-electron chi connectivity index (χ1n) is 7.78. The van der Waals surface area contributed by atoms with Gasteiger partial charge in [0.2, 0.25) is 5.76 Å². The van der Waals surface area contributed by atoms with Crippen LogP contribution in [0.25, 0.3) is 0 Å². The third-order valence-electron chi connectivity index (χ3n) is 3.96. The van der Waals surface area contributed by atoms with Crippen LogP contribution >= 0.6 is 0 Å². The predicted octanol–water partition coefficient (Wildman–Crippen LogP) is 1.96. The molecule has 2 aromatic rings. The van der Waals surface area contributed by atoms with E-state index in [9.17, 15) is 9.59 Å². The van der Waals surface area contributed by atoms with Crippen molar-refractivity contribution >= 4 is 11.8 Å². The minimum atomic E-state index is -1.13. The van der Waals surface area contributed by atoms with Gasteiger partial charge in [0, 0.05) is 19.2 Å². The SMILES string of the molecule is O=C(O)c1ccc(Cn2nc(N3CCCCCC3)ccc2=O)o1. The van der Waals surface area contributed by atoms with E-state index in [2.05, 4.69) is 10.00 Å². The van der Waals surface area contributed by atoms with E-state index in [0.29, 0.717) is 5.76 Å².